The number of benzene rings is 3. The average molecular weight is 572 g/mol. The summed E-state index contributed by atoms with van der Waals surface area (Å²) in [5.41, 5.74) is 5.63. The summed E-state index contributed by atoms with van der Waals surface area (Å²) >= 11 is 0. The largest absolute Gasteiger partial charge is 0.507 e. The van der Waals surface area contributed by atoms with Crippen molar-refractivity contribution < 1.29 is 28.2 Å². The molecule has 0 aliphatic rings. The molecule has 4 N–H and O–H groups in total. The number of nitrogen functional groups attached to an aromatic ring is 1. The third kappa shape index (κ3) is 5.87. The number of hydrogen-bond donors (Lipinski definition) is 3. The molecule has 1 amide bonds. The number of amides is 1. The topological polar surface area (TPSA) is 142 Å². The zero-order chi connectivity index (χ0) is 29.8. The molecule has 0 aliphatic carbocycles. The van der Waals surface area contributed by atoms with Gasteiger partial charge in [0.15, 0.2) is 11.6 Å². The van der Waals surface area contributed by atoms with Crippen LogP contribution in [-0.4, -0.2) is 32.2 Å². The number of carbonyl (C=O) groups is 1. The molecule has 0 spiro atoms. The van der Waals surface area contributed by atoms with Gasteiger partial charge in [-0.05, 0) is 73.7 Å². The first-order chi connectivity index (χ1) is 20.2. The van der Waals surface area contributed by atoms with Crippen LogP contribution >= 0.6 is 0 Å². The molecule has 42 heavy (non-hydrogen) atoms. The van der Waals surface area contributed by atoms with Crippen molar-refractivity contribution >= 4 is 17.5 Å². The predicted molar refractivity (Wildman–Crippen MR) is 151 cm³/mol. The van der Waals surface area contributed by atoms with Crippen LogP contribution in [0.25, 0.3) is 16.9 Å². The number of phenols is 1. The highest BCUT2D eigenvalue weighted by Gasteiger charge is 2.21. The molecule has 5 aromatic rings. The Hall–Kier alpha value is -5.78. The molecule has 0 saturated carbocycles. The summed E-state index contributed by atoms with van der Waals surface area (Å²) < 4.78 is 40.8. The van der Waals surface area contributed by atoms with Crippen LogP contribution in [-0.2, 0) is 0 Å². The molecule has 0 aliphatic heterocycles. The minimum atomic E-state index is -0.833. The van der Waals surface area contributed by atoms with Gasteiger partial charge in [-0.25, -0.2) is 18.7 Å². The molecule has 3 aromatic carbocycles. The summed E-state index contributed by atoms with van der Waals surface area (Å²) in [4.78, 5) is 34.4. The van der Waals surface area contributed by atoms with Crippen molar-refractivity contribution in [2.45, 2.75) is 6.92 Å². The van der Waals surface area contributed by atoms with Gasteiger partial charge < -0.3 is 25.6 Å². The average Bonchev–Trinajstić information content (AvgIpc) is 2.96. The van der Waals surface area contributed by atoms with Crippen LogP contribution in [0.3, 0.4) is 0 Å². The lowest BCUT2D eigenvalue weighted by molar-refractivity contribution is 0.102. The second-order valence-electron chi connectivity index (χ2n) is 8.82. The van der Waals surface area contributed by atoms with E-state index in [-0.39, 0.29) is 46.8 Å². The maximum Gasteiger partial charge on any atom is 0.271 e. The zero-order valence-corrected chi connectivity index (χ0v) is 22.0. The molecule has 2 heterocycles. The highest BCUT2D eigenvalue weighted by molar-refractivity contribution is 6.06. The molecule has 10 nitrogen and oxygen atoms in total. The van der Waals surface area contributed by atoms with Crippen LogP contribution < -0.4 is 26.1 Å². The first kappa shape index (κ1) is 27.8. The van der Waals surface area contributed by atoms with Crippen LogP contribution in [0.2, 0.25) is 0 Å². The van der Waals surface area contributed by atoms with Crippen molar-refractivity contribution in [3.05, 3.63) is 113 Å². The van der Waals surface area contributed by atoms with Crippen molar-refractivity contribution in [1.82, 2.24) is 14.5 Å². The highest BCUT2D eigenvalue weighted by atomic mass is 19.1. The van der Waals surface area contributed by atoms with Crippen LogP contribution in [0.5, 0.6) is 23.0 Å². The number of halogens is 2. The first-order valence-corrected chi connectivity index (χ1v) is 12.6. The SMILES string of the molecule is CCOc1ccn(-c2ccc(F)cc2)c(=O)c1C(=O)Nc1ccc(Oc2ccc(O)c(-c3ccnc(N)n3)c2)c(F)c1. The Kier molecular flexibility index (Phi) is 7.78. The first-order valence-electron chi connectivity index (χ1n) is 12.6. The number of hydrogen-bond acceptors (Lipinski definition) is 8. The molecule has 5 rings (SSSR count). The second-order valence-corrected chi connectivity index (χ2v) is 8.82. The van der Waals surface area contributed by atoms with Crippen molar-refractivity contribution in [2.75, 3.05) is 17.7 Å². The lowest BCUT2D eigenvalue weighted by Gasteiger charge is -2.14. The van der Waals surface area contributed by atoms with Gasteiger partial charge in [-0.3, -0.25) is 14.2 Å². The molecule has 0 saturated heterocycles. The van der Waals surface area contributed by atoms with Gasteiger partial charge >= 0.3 is 0 Å². The quantitative estimate of drug-likeness (QED) is 0.228. The van der Waals surface area contributed by atoms with Crippen LogP contribution in [0.15, 0.2) is 90.0 Å². The number of pyridine rings is 1. The third-order valence-electron chi connectivity index (χ3n) is 6.02. The van der Waals surface area contributed by atoms with E-state index >= 15 is 4.39 Å². The number of nitrogens with two attached hydrogens (primary N) is 1. The monoisotopic (exact) mass is 571 g/mol. The molecule has 0 radical (unpaired) electrons. The van der Waals surface area contributed by atoms with Gasteiger partial charge in [-0.1, -0.05) is 0 Å². The second kappa shape index (κ2) is 11.8. The van der Waals surface area contributed by atoms with E-state index < -0.39 is 23.1 Å². The standard InChI is InChI=1S/C30H23F2N5O5/c1-2-41-26-12-14-37(19-6-3-17(31)4-7-19)29(40)27(26)28(39)35-18-5-10-25(22(32)15-18)42-20-8-9-24(38)21(16-20)23-11-13-34-30(33)36-23/h3-16,38H,2H2,1H3,(H,35,39)(H2,33,34,36). The minimum Gasteiger partial charge on any atom is -0.507 e. The van der Waals surface area contributed by atoms with E-state index in [2.05, 4.69) is 15.3 Å². The summed E-state index contributed by atoms with van der Waals surface area (Å²) in [6, 6.07) is 16.2. The molecule has 12 heteroatoms. The van der Waals surface area contributed by atoms with Gasteiger partial charge in [0, 0.05) is 35.4 Å². The van der Waals surface area contributed by atoms with Crippen LogP contribution in [0.4, 0.5) is 20.4 Å². The molecular formula is C30H23F2N5O5. The van der Waals surface area contributed by atoms with Gasteiger partial charge in [0.1, 0.15) is 28.6 Å². The molecule has 0 atom stereocenters. The number of phenolic OH excluding ortho intramolecular Hbond substituents is 1. The van der Waals surface area contributed by atoms with E-state index in [0.29, 0.717) is 16.9 Å². The number of rotatable bonds is 8. The molecular weight excluding hydrogens is 548 g/mol. The zero-order valence-electron chi connectivity index (χ0n) is 22.0. The number of aromatic hydroxyl groups is 1. The van der Waals surface area contributed by atoms with Crippen LogP contribution in [0, 0.1) is 11.6 Å². The number of carbonyl (C=O) groups excluding carboxylic acids is 1. The Morgan fingerprint density at radius 2 is 1.81 bits per heavy atom. The fourth-order valence-electron chi connectivity index (χ4n) is 4.10. The number of aromatic nitrogens is 3. The van der Waals surface area contributed by atoms with E-state index in [1.54, 1.807) is 13.0 Å². The number of ether oxygens (including phenoxy) is 2. The van der Waals surface area contributed by atoms with Crippen LogP contribution in [0.1, 0.15) is 17.3 Å². The summed E-state index contributed by atoms with van der Waals surface area (Å²) in [6.45, 7) is 1.88. The number of nitrogens with zero attached hydrogens (tertiary/aromatic N) is 3. The van der Waals surface area contributed by atoms with E-state index in [9.17, 15) is 19.1 Å². The molecule has 0 bridgehead atoms. The van der Waals surface area contributed by atoms with Crippen molar-refractivity contribution in [3.63, 3.8) is 0 Å². The Balaban J connectivity index is 1.39. The summed E-state index contributed by atoms with van der Waals surface area (Å²) in [5.74, 6) is -2.14. The van der Waals surface area contributed by atoms with E-state index in [1.807, 2.05) is 0 Å². The van der Waals surface area contributed by atoms with Gasteiger partial charge in [-0.15, -0.1) is 0 Å². The third-order valence-corrected chi connectivity index (χ3v) is 6.02. The van der Waals surface area contributed by atoms with Gasteiger partial charge in [0.25, 0.3) is 11.5 Å². The van der Waals surface area contributed by atoms with Gasteiger partial charge in [0.05, 0.1) is 12.3 Å². The summed E-state index contributed by atoms with van der Waals surface area (Å²) in [7, 11) is 0. The highest BCUT2D eigenvalue weighted by Crippen LogP contribution is 2.34. The van der Waals surface area contributed by atoms with Gasteiger partial charge in [0.2, 0.25) is 5.95 Å². The predicted octanol–water partition coefficient (Wildman–Crippen LogP) is 5.30. The molecule has 0 fully saturated rings. The fraction of sp³-hybridized carbons (Fsp3) is 0.0667. The summed E-state index contributed by atoms with van der Waals surface area (Å²) in [5, 5.41) is 12.8. The Morgan fingerprint density at radius 3 is 2.52 bits per heavy atom. The number of nitrogens with one attached hydrogen (secondary N) is 1. The van der Waals surface area contributed by atoms with Gasteiger partial charge in [-0.2, -0.15) is 0 Å². The maximum absolute atomic E-state index is 15.1. The Bertz CT molecular complexity index is 1840. The fourth-order valence-corrected chi connectivity index (χ4v) is 4.10. The van der Waals surface area contributed by atoms with Crippen molar-refractivity contribution in [3.8, 4) is 39.9 Å². The lowest BCUT2D eigenvalue weighted by Crippen LogP contribution is -2.29. The van der Waals surface area contributed by atoms with Crippen molar-refractivity contribution in [2.24, 2.45) is 0 Å². The van der Waals surface area contributed by atoms with E-state index in [0.717, 1.165) is 6.07 Å². The molecule has 0 unspecified atom stereocenters. The van der Waals surface area contributed by atoms with E-state index in [1.165, 1.54) is 77.6 Å². The van der Waals surface area contributed by atoms with E-state index in [4.69, 9.17) is 15.2 Å². The lowest BCUT2D eigenvalue weighted by atomic mass is 10.1. The summed E-state index contributed by atoms with van der Waals surface area (Å²) in [6.07, 6.45) is 2.85. The smallest absolute Gasteiger partial charge is 0.271 e. The normalized spacial score (nSPS) is 10.7. The molecule has 2 aromatic heterocycles. The Morgan fingerprint density at radius 1 is 1.02 bits per heavy atom. The minimum absolute atomic E-state index is 0.0140. The maximum atomic E-state index is 15.1. The van der Waals surface area contributed by atoms with Crippen molar-refractivity contribution in [1.29, 1.82) is 0 Å². The Labute approximate surface area is 237 Å². The number of anilines is 2. The molecule has 212 valence electrons.